The molecule has 2 atom stereocenters. The van der Waals surface area contributed by atoms with Gasteiger partial charge in [-0.05, 0) is 44.9 Å². The molecule has 0 aliphatic carbocycles. The smallest absolute Gasteiger partial charge is 0.462 e. The molecule has 0 aromatic rings. The molecular weight excluding hydrogens is 786 g/mol. The lowest BCUT2D eigenvalue weighted by molar-refractivity contribution is -0.161. The molecule has 0 saturated heterocycles. The third kappa shape index (κ3) is 47.8. The van der Waals surface area contributed by atoms with Gasteiger partial charge in [-0.15, -0.1) is 0 Å². The standard InChI is InChI=1S/C51H98NO8P/c1-3-5-7-9-11-13-15-17-19-21-23-24-26-28-30-32-34-36-38-40-42-44-51(54)60-49(48-59-61(55,56)58-46-45-52)47-57-50(53)43-41-39-37-35-33-31-29-27-25-22-20-18-16-14-12-10-8-6-4-2/h12,14,18,20,49H,3-11,13,15-17,19,21-48,52H2,1-2H3,(H,55,56)/b14-12-,20-18-/t49-/m1/s1. The molecule has 61 heavy (non-hydrogen) atoms. The first-order valence-corrected chi connectivity index (χ1v) is 27.3. The van der Waals surface area contributed by atoms with Crippen LogP contribution >= 0.6 is 7.82 Å². The van der Waals surface area contributed by atoms with Crippen molar-refractivity contribution in [2.75, 3.05) is 26.4 Å². The summed E-state index contributed by atoms with van der Waals surface area (Å²) < 4.78 is 32.9. The molecule has 0 spiro atoms. The highest BCUT2D eigenvalue weighted by atomic mass is 31.2. The van der Waals surface area contributed by atoms with Crippen molar-refractivity contribution in [1.82, 2.24) is 0 Å². The van der Waals surface area contributed by atoms with E-state index in [1.165, 1.54) is 186 Å². The molecular formula is C51H98NO8P. The van der Waals surface area contributed by atoms with Crippen LogP contribution in [0.4, 0.5) is 0 Å². The molecule has 1 unspecified atom stereocenters. The van der Waals surface area contributed by atoms with Gasteiger partial charge in [0.2, 0.25) is 0 Å². The largest absolute Gasteiger partial charge is 0.472 e. The third-order valence-corrected chi connectivity index (χ3v) is 12.3. The van der Waals surface area contributed by atoms with Gasteiger partial charge in [-0.25, -0.2) is 4.57 Å². The Kier molecular flexibility index (Phi) is 46.8. The van der Waals surface area contributed by atoms with Crippen LogP contribution in [0.3, 0.4) is 0 Å². The predicted molar refractivity (Wildman–Crippen MR) is 257 cm³/mol. The Bertz CT molecular complexity index is 1050. The molecule has 0 saturated carbocycles. The summed E-state index contributed by atoms with van der Waals surface area (Å²) >= 11 is 0. The predicted octanol–water partition coefficient (Wildman–Crippen LogP) is 15.5. The van der Waals surface area contributed by atoms with Crippen LogP contribution in [0.15, 0.2) is 24.3 Å². The van der Waals surface area contributed by atoms with E-state index in [4.69, 9.17) is 24.3 Å². The fraction of sp³-hybridized carbons (Fsp3) is 0.882. The molecule has 3 N–H and O–H groups in total. The van der Waals surface area contributed by atoms with Crippen molar-refractivity contribution < 1.29 is 37.6 Å². The van der Waals surface area contributed by atoms with Crippen LogP contribution in [0.5, 0.6) is 0 Å². The zero-order valence-corrected chi connectivity index (χ0v) is 40.8. The zero-order valence-electron chi connectivity index (χ0n) is 39.9. The summed E-state index contributed by atoms with van der Waals surface area (Å²) in [5, 5.41) is 0. The van der Waals surface area contributed by atoms with Crippen LogP contribution in [0.25, 0.3) is 0 Å². The van der Waals surface area contributed by atoms with E-state index in [2.05, 4.69) is 38.2 Å². The number of phosphoric acid groups is 1. The van der Waals surface area contributed by atoms with Crippen LogP contribution < -0.4 is 5.73 Å². The van der Waals surface area contributed by atoms with Crippen LogP contribution in [-0.4, -0.2) is 49.3 Å². The summed E-state index contributed by atoms with van der Waals surface area (Å²) in [5.74, 6) is -0.819. The van der Waals surface area contributed by atoms with Crippen molar-refractivity contribution >= 4 is 19.8 Å². The van der Waals surface area contributed by atoms with E-state index >= 15 is 0 Å². The van der Waals surface area contributed by atoms with Gasteiger partial charge in [0, 0.05) is 19.4 Å². The minimum Gasteiger partial charge on any atom is -0.462 e. The third-order valence-electron chi connectivity index (χ3n) is 11.3. The molecule has 0 radical (unpaired) electrons. The Morgan fingerprint density at radius 3 is 1.28 bits per heavy atom. The van der Waals surface area contributed by atoms with Gasteiger partial charge >= 0.3 is 19.8 Å². The van der Waals surface area contributed by atoms with Crippen molar-refractivity contribution in [2.24, 2.45) is 5.73 Å². The average molecular weight is 884 g/mol. The fourth-order valence-electron chi connectivity index (χ4n) is 7.49. The molecule has 0 bridgehead atoms. The van der Waals surface area contributed by atoms with Crippen LogP contribution in [0.2, 0.25) is 0 Å². The second kappa shape index (κ2) is 48.0. The molecule has 0 aromatic heterocycles. The molecule has 360 valence electrons. The molecule has 0 aliphatic rings. The normalized spacial score (nSPS) is 13.3. The van der Waals surface area contributed by atoms with Crippen LogP contribution in [0, 0.1) is 0 Å². The zero-order chi connectivity index (χ0) is 44.6. The Morgan fingerprint density at radius 1 is 0.492 bits per heavy atom. The number of unbranched alkanes of at least 4 members (excludes halogenated alkanes) is 32. The SMILES string of the molecule is CCCCC/C=C\C/C=C\CCCCCCCCCCCC(=O)OC[C@H](COP(=O)(O)OCCN)OC(=O)CCCCCCCCCCCCCCCCCCCCCCC. The van der Waals surface area contributed by atoms with Gasteiger partial charge in [-0.3, -0.25) is 18.6 Å². The minimum absolute atomic E-state index is 0.0549. The van der Waals surface area contributed by atoms with Gasteiger partial charge in [-0.1, -0.05) is 224 Å². The second-order valence-corrected chi connectivity index (χ2v) is 18.9. The summed E-state index contributed by atoms with van der Waals surface area (Å²) in [6.45, 7) is 3.76. The molecule has 10 heteroatoms. The monoisotopic (exact) mass is 884 g/mol. The Morgan fingerprint density at radius 2 is 0.852 bits per heavy atom. The van der Waals surface area contributed by atoms with Gasteiger partial charge in [-0.2, -0.15) is 0 Å². The number of hydrogen-bond acceptors (Lipinski definition) is 8. The number of phosphoric ester groups is 1. The van der Waals surface area contributed by atoms with E-state index in [1.54, 1.807) is 0 Å². The first-order chi connectivity index (χ1) is 29.8. The lowest BCUT2D eigenvalue weighted by Gasteiger charge is -2.19. The molecule has 0 aromatic carbocycles. The highest BCUT2D eigenvalue weighted by Crippen LogP contribution is 2.43. The summed E-state index contributed by atoms with van der Waals surface area (Å²) in [5.41, 5.74) is 5.37. The van der Waals surface area contributed by atoms with Crippen LogP contribution in [-0.2, 0) is 32.7 Å². The van der Waals surface area contributed by atoms with Crippen LogP contribution in [0.1, 0.15) is 258 Å². The quantitative estimate of drug-likeness (QED) is 0.0265. The maximum Gasteiger partial charge on any atom is 0.472 e. The number of ether oxygens (including phenoxy) is 2. The Labute approximate surface area is 376 Å². The maximum absolute atomic E-state index is 12.7. The first-order valence-electron chi connectivity index (χ1n) is 25.8. The number of carbonyl (C=O) groups excluding carboxylic acids is 2. The highest BCUT2D eigenvalue weighted by Gasteiger charge is 2.26. The molecule has 0 fully saturated rings. The van der Waals surface area contributed by atoms with Crippen molar-refractivity contribution in [2.45, 2.75) is 264 Å². The summed E-state index contributed by atoms with van der Waals surface area (Å²) in [4.78, 5) is 35.1. The number of carbonyl (C=O) groups is 2. The number of hydrogen-bond donors (Lipinski definition) is 2. The molecule has 0 rings (SSSR count). The van der Waals surface area contributed by atoms with Crippen molar-refractivity contribution in [3.05, 3.63) is 24.3 Å². The van der Waals surface area contributed by atoms with Gasteiger partial charge < -0.3 is 20.1 Å². The van der Waals surface area contributed by atoms with E-state index in [9.17, 15) is 19.0 Å². The highest BCUT2D eigenvalue weighted by molar-refractivity contribution is 7.47. The van der Waals surface area contributed by atoms with Crippen molar-refractivity contribution in [3.63, 3.8) is 0 Å². The summed E-state index contributed by atoms with van der Waals surface area (Å²) in [6, 6.07) is 0. The summed E-state index contributed by atoms with van der Waals surface area (Å²) in [6.07, 6.45) is 53.5. The Balaban J connectivity index is 4.01. The van der Waals surface area contributed by atoms with E-state index in [0.29, 0.717) is 6.42 Å². The van der Waals surface area contributed by atoms with E-state index in [-0.39, 0.29) is 38.6 Å². The van der Waals surface area contributed by atoms with Gasteiger partial charge in [0.1, 0.15) is 6.61 Å². The lowest BCUT2D eigenvalue weighted by Crippen LogP contribution is -2.29. The van der Waals surface area contributed by atoms with Crippen molar-refractivity contribution in [1.29, 1.82) is 0 Å². The van der Waals surface area contributed by atoms with Gasteiger partial charge in [0.25, 0.3) is 0 Å². The summed E-state index contributed by atoms with van der Waals surface area (Å²) in [7, 11) is -4.38. The number of allylic oxidation sites excluding steroid dienone is 4. The molecule has 9 nitrogen and oxygen atoms in total. The fourth-order valence-corrected chi connectivity index (χ4v) is 8.26. The van der Waals surface area contributed by atoms with Gasteiger partial charge in [0.15, 0.2) is 6.10 Å². The second-order valence-electron chi connectivity index (χ2n) is 17.4. The average Bonchev–Trinajstić information content (AvgIpc) is 3.25. The van der Waals surface area contributed by atoms with E-state index < -0.39 is 26.5 Å². The van der Waals surface area contributed by atoms with E-state index in [1.807, 2.05) is 0 Å². The van der Waals surface area contributed by atoms with E-state index in [0.717, 1.165) is 38.5 Å². The first kappa shape index (κ1) is 59.5. The topological polar surface area (TPSA) is 134 Å². The molecule has 0 amide bonds. The van der Waals surface area contributed by atoms with Gasteiger partial charge in [0.05, 0.1) is 13.2 Å². The lowest BCUT2D eigenvalue weighted by atomic mass is 10.0. The number of rotatable bonds is 49. The van der Waals surface area contributed by atoms with Crippen molar-refractivity contribution in [3.8, 4) is 0 Å². The maximum atomic E-state index is 12.7. The molecule has 0 aliphatic heterocycles. The molecule has 0 heterocycles. The minimum atomic E-state index is -4.38. The Hall–Kier alpha value is -1.51. The number of esters is 2. The number of nitrogens with two attached hydrogens (primary N) is 1.